The molecule has 1 heterocycles. The third-order valence-electron chi connectivity index (χ3n) is 3.60. The lowest BCUT2D eigenvalue weighted by Crippen LogP contribution is -2.50. The molecule has 0 radical (unpaired) electrons. The fraction of sp³-hybridized carbons (Fsp3) is 0.571. The smallest absolute Gasteiger partial charge is 0.326 e. The standard InChI is InChI=1S/C14H23N5O4/c1-3-8(2)12(15)13(21)17-6-11(20)19-10(14(22)23)4-9-5-16-7-18-9/h5,7-8,10,12H,3-4,6,15H2,1-2H3,(H,16,18)(H,17,21)(H,19,20)(H,22,23)/t8-,10-,12-/m0/s1. The molecule has 3 atom stereocenters. The number of amides is 2. The summed E-state index contributed by atoms with van der Waals surface area (Å²) in [6, 6.07) is -1.81. The van der Waals surface area contributed by atoms with Gasteiger partial charge in [0.1, 0.15) is 6.04 Å². The number of carboxylic acids is 1. The van der Waals surface area contributed by atoms with E-state index in [4.69, 9.17) is 10.8 Å². The zero-order valence-electron chi connectivity index (χ0n) is 13.2. The maximum absolute atomic E-state index is 11.8. The van der Waals surface area contributed by atoms with Crippen LogP contribution >= 0.6 is 0 Å². The minimum atomic E-state index is -1.17. The molecule has 9 nitrogen and oxygen atoms in total. The molecule has 9 heteroatoms. The van der Waals surface area contributed by atoms with Crippen LogP contribution in [-0.4, -0.2) is 51.5 Å². The molecule has 0 saturated carbocycles. The highest BCUT2D eigenvalue weighted by molar-refractivity contribution is 5.89. The highest BCUT2D eigenvalue weighted by atomic mass is 16.4. The van der Waals surface area contributed by atoms with Crippen LogP contribution in [0.2, 0.25) is 0 Å². The Balaban J connectivity index is 2.47. The van der Waals surface area contributed by atoms with Crippen LogP contribution in [0.15, 0.2) is 12.5 Å². The Morgan fingerprint density at radius 2 is 2.13 bits per heavy atom. The van der Waals surface area contributed by atoms with Gasteiger partial charge in [0, 0.05) is 18.3 Å². The van der Waals surface area contributed by atoms with Crippen LogP contribution in [0.4, 0.5) is 0 Å². The van der Waals surface area contributed by atoms with Crippen LogP contribution in [0.3, 0.4) is 0 Å². The summed E-state index contributed by atoms with van der Waals surface area (Å²) in [5.41, 5.74) is 6.33. The van der Waals surface area contributed by atoms with E-state index in [0.717, 1.165) is 6.42 Å². The molecule has 0 spiro atoms. The highest BCUT2D eigenvalue weighted by Gasteiger charge is 2.23. The largest absolute Gasteiger partial charge is 0.480 e. The third kappa shape index (κ3) is 6.07. The number of imidazole rings is 1. The van der Waals surface area contributed by atoms with Crippen molar-refractivity contribution in [3.63, 3.8) is 0 Å². The molecule has 0 unspecified atom stereocenters. The van der Waals surface area contributed by atoms with Crippen LogP contribution in [0.1, 0.15) is 26.0 Å². The summed E-state index contributed by atoms with van der Waals surface area (Å²) in [6.07, 6.45) is 3.72. The molecule has 0 aliphatic carbocycles. The SMILES string of the molecule is CC[C@H](C)[C@H](N)C(=O)NCC(=O)N[C@@H](Cc1cnc[nH]1)C(=O)O. The number of aliphatic carboxylic acids is 1. The Labute approximate surface area is 134 Å². The molecule has 0 bridgehead atoms. The molecule has 1 rings (SSSR count). The average Bonchev–Trinajstić information content (AvgIpc) is 3.03. The Morgan fingerprint density at radius 3 is 2.65 bits per heavy atom. The van der Waals surface area contributed by atoms with Crippen molar-refractivity contribution in [1.29, 1.82) is 0 Å². The number of rotatable bonds is 9. The third-order valence-corrected chi connectivity index (χ3v) is 3.60. The van der Waals surface area contributed by atoms with Crippen molar-refractivity contribution < 1.29 is 19.5 Å². The number of aromatic nitrogens is 2. The lowest BCUT2D eigenvalue weighted by Gasteiger charge is -2.18. The van der Waals surface area contributed by atoms with E-state index in [0.29, 0.717) is 5.69 Å². The first-order valence-corrected chi connectivity index (χ1v) is 7.37. The number of nitrogens with two attached hydrogens (primary N) is 1. The van der Waals surface area contributed by atoms with Crippen molar-refractivity contribution in [2.24, 2.45) is 11.7 Å². The van der Waals surface area contributed by atoms with Gasteiger partial charge in [0.15, 0.2) is 0 Å². The van der Waals surface area contributed by atoms with Gasteiger partial charge in [-0.15, -0.1) is 0 Å². The molecule has 0 saturated heterocycles. The Hall–Kier alpha value is -2.42. The van der Waals surface area contributed by atoms with E-state index in [-0.39, 0.29) is 18.9 Å². The normalized spacial score (nSPS) is 14.6. The Morgan fingerprint density at radius 1 is 1.43 bits per heavy atom. The van der Waals surface area contributed by atoms with Crippen LogP contribution in [0.5, 0.6) is 0 Å². The molecule has 0 aromatic carbocycles. The lowest BCUT2D eigenvalue weighted by molar-refractivity contribution is -0.141. The van der Waals surface area contributed by atoms with Crippen LogP contribution in [-0.2, 0) is 20.8 Å². The summed E-state index contributed by atoms with van der Waals surface area (Å²) in [5, 5.41) is 13.9. The Bertz CT molecular complexity index is 531. The van der Waals surface area contributed by atoms with E-state index < -0.39 is 29.9 Å². The van der Waals surface area contributed by atoms with Gasteiger partial charge in [-0.3, -0.25) is 9.59 Å². The van der Waals surface area contributed by atoms with E-state index in [9.17, 15) is 14.4 Å². The van der Waals surface area contributed by atoms with Gasteiger partial charge < -0.3 is 26.5 Å². The molecule has 1 aromatic rings. The van der Waals surface area contributed by atoms with Gasteiger partial charge in [-0.2, -0.15) is 0 Å². The summed E-state index contributed by atoms with van der Waals surface area (Å²) in [5.74, 6) is -2.21. The molecular formula is C14H23N5O4. The summed E-state index contributed by atoms with van der Waals surface area (Å²) < 4.78 is 0. The van der Waals surface area contributed by atoms with Crippen LogP contribution in [0.25, 0.3) is 0 Å². The second-order valence-electron chi connectivity index (χ2n) is 5.37. The monoisotopic (exact) mass is 325 g/mol. The number of hydrogen-bond donors (Lipinski definition) is 5. The van der Waals surface area contributed by atoms with Gasteiger partial charge >= 0.3 is 5.97 Å². The Kier molecular flexibility index (Phi) is 7.20. The number of hydrogen-bond acceptors (Lipinski definition) is 5. The predicted octanol–water partition coefficient (Wildman–Crippen LogP) is -0.989. The van der Waals surface area contributed by atoms with Gasteiger partial charge in [0.25, 0.3) is 0 Å². The van der Waals surface area contributed by atoms with Gasteiger partial charge in [0.05, 0.1) is 18.9 Å². The van der Waals surface area contributed by atoms with E-state index >= 15 is 0 Å². The molecule has 6 N–H and O–H groups in total. The van der Waals surface area contributed by atoms with Gasteiger partial charge in [0.2, 0.25) is 11.8 Å². The molecular weight excluding hydrogens is 302 g/mol. The molecule has 0 aliphatic heterocycles. The van der Waals surface area contributed by atoms with Crippen LogP contribution in [0, 0.1) is 5.92 Å². The number of nitrogens with zero attached hydrogens (tertiary/aromatic N) is 1. The van der Waals surface area contributed by atoms with Gasteiger partial charge in [-0.05, 0) is 5.92 Å². The summed E-state index contributed by atoms with van der Waals surface area (Å²) >= 11 is 0. The minimum absolute atomic E-state index is 0.00907. The number of carbonyl (C=O) groups excluding carboxylic acids is 2. The van der Waals surface area contributed by atoms with E-state index in [1.807, 2.05) is 13.8 Å². The maximum Gasteiger partial charge on any atom is 0.326 e. The van der Waals surface area contributed by atoms with E-state index in [2.05, 4.69) is 20.6 Å². The summed E-state index contributed by atoms with van der Waals surface area (Å²) in [6.45, 7) is 3.43. The first-order chi connectivity index (χ1) is 10.8. The van der Waals surface area contributed by atoms with Crippen LogP contribution < -0.4 is 16.4 Å². The number of H-pyrrole nitrogens is 1. The fourth-order valence-corrected chi connectivity index (χ4v) is 1.86. The van der Waals surface area contributed by atoms with Crippen molar-refractivity contribution >= 4 is 17.8 Å². The van der Waals surface area contributed by atoms with Gasteiger partial charge in [-0.1, -0.05) is 20.3 Å². The molecule has 128 valence electrons. The number of aromatic amines is 1. The zero-order chi connectivity index (χ0) is 17.4. The quantitative estimate of drug-likeness (QED) is 0.393. The van der Waals surface area contributed by atoms with Crippen molar-refractivity contribution in [1.82, 2.24) is 20.6 Å². The molecule has 23 heavy (non-hydrogen) atoms. The van der Waals surface area contributed by atoms with Crippen molar-refractivity contribution in [2.45, 2.75) is 38.8 Å². The van der Waals surface area contributed by atoms with Gasteiger partial charge in [-0.25, -0.2) is 9.78 Å². The van der Waals surface area contributed by atoms with Crippen molar-refractivity contribution in [3.8, 4) is 0 Å². The first kappa shape index (κ1) is 18.6. The topological polar surface area (TPSA) is 150 Å². The van der Waals surface area contributed by atoms with Crippen molar-refractivity contribution in [3.05, 3.63) is 18.2 Å². The van der Waals surface area contributed by atoms with E-state index in [1.54, 1.807) is 0 Å². The van der Waals surface area contributed by atoms with E-state index in [1.165, 1.54) is 12.5 Å². The minimum Gasteiger partial charge on any atom is -0.480 e. The summed E-state index contributed by atoms with van der Waals surface area (Å²) in [4.78, 5) is 41.3. The first-order valence-electron chi connectivity index (χ1n) is 7.37. The fourth-order valence-electron chi connectivity index (χ4n) is 1.86. The zero-order valence-corrected chi connectivity index (χ0v) is 13.2. The average molecular weight is 325 g/mol. The van der Waals surface area contributed by atoms with Crippen molar-refractivity contribution in [2.75, 3.05) is 6.54 Å². The predicted molar refractivity (Wildman–Crippen MR) is 82.3 cm³/mol. The maximum atomic E-state index is 11.8. The molecule has 2 amide bonds. The number of nitrogens with one attached hydrogen (secondary N) is 3. The second-order valence-corrected chi connectivity index (χ2v) is 5.37. The highest BCUT2D eigenvalue weighted by Crippen LogP contribution is 2.04. The summed E-state index contributed by atoms with van der Waals surface area (Å²) in [7, 11) is 0. The lowest BCUT2D eigenvalue weighted by atomic mass is 9.99. The molecule has 1 aromatic heterocycles. The second kappa shape index (κ2) is 8.89. The molecule has 0 fully saturated rings. The number of carbonyl (C=O) groups is 3. The number of carboxylic acid groups (broad SMARTS) is 1. The molecule has 0 aliphatic rings.